The third kappa shape index (κ3) is 2.72. The Morgan fingerprint density at radius 2 is 1.80 bits per heavy atom. The summed E-state index contributed by atoms with van der Waals surface area (Å²) in [6.07, 6.45) is 2.38. The van der Waals surface area contributed by atoms with Gasteiger partial charge in [0.25, 0.3) is 0 Å². The Labute approximate surface area is 121 Å². The van der Waals surface area contributed by atoms with Gasteiger partial charge in [0.15, 0.2) is 0 Å². The van der Waals surface area contributed by atoms with Crippen molar-refractivity contribution in [3.63, 3.8) is 0 Å². The van der Waals surface area contributed by atoms with Crippen LogP contribution in [0.15, 0.2) is 42.5 Å². The van der Waals surface area contributed by atoms with Crippen LogP contribution in [0.25, 0.3) is 10.8 Å². The van der Waals surface area contributed by atoms with Crippen LogP contribution in [-0.4, -0.2) is 36.8 Å². The number of piperidine rings is 1. The molecule has 2 aromatic carbocycles. The van der Waals surface area contributed by atoms with Crippen LogP contribution in [0.2, 0.25) is 0 Å². The molecule has 0 spiro atoms. The minimum absolute atomic E-state index is 0.257. The van der Waals surface area contributed by atoms with Crippen molar-refractivity contribution in [1.29, 1.82) is 0 Å². The molecule has 1 unspecified atom stereocenters. The number of hydrogen-bond donors (Lipinski definition) is 1. The average molecular weight is 269 g/mol. The number of benzene rings is 2. The van der Waals surface area contributed by atoms with Gasteiger partial charge in [0, 0.05) is 5.92 Å². The number of rotatable bonds is 3. The molecule has 106 valence electrons. The Morgan fingerprint density at radius 3 is 2.50 bits per heavy atom. The number of nitrogens with zero attached hydrogens (tertiary/aromatic N) is 1. The smallest absolute Gasteiger partial charge is 0.0502 e. The van der Waals surface area contributed by atoms with Crippen LogP contribution < -0.4 is 0 Å². The highest BCUT2D eigenvalue weighted by Gasteiger charge is 2.26. The van der Waals surface area contributed by atoms with Gasteiger partial charge in [0.1, 0.15) is 0 Å². The molecule has 0 amide bonds. The summed E-state index contributed by atoms with van der Waals surface area (Å²) in [6.45, 7) is 2.55. The minimum atomic E-state index is 0.257. The van der Waals surface area contributed by atoms with Crippen molar-refractivity contribution in [3.8, 4) is 0 Å². The second-order valence-electron chi connectivity index (χ2n) is 6.04. The first-order valence-electron chi connectivity index (χ1n) is 7.56. The highest BCUT2D eigenvalue weighted by molar-refractivity contribution is 5.83. The maximum Gasteiger partial charge on any atom is 0.0502 e. The van der Waals surface area contributed by atoms with E-state index in [-0.39, 0.29) is 12.5 Å². The molecule has 0 saturated carbocycles. The van der Waals surface area contributed by atoms with Crippen molar-refractivity contribution in [3.05, 3.63) is 48.0 Å². The first-order chi connectivity index (χ1) is 9.78. The van der Waals surface area contributed by atoms with Gasteiger partial charge in [-0.15, -0.1) is 0 Å². The predicted octanol–water partition coefficient (Wildman–Crippen LogP) is 3.26. The minimum Gasteiger partial charge on any atom is -0.396 e. The van der Waals surface area contributed by atoms with E-state index in [9.17, 15) is 5.11 Å². The zero-order chi connectivity index (χ0) is 13.9. The Bertz CT molecular complexity index is 572. The van der Waals surface area contributed by atoms with Crippen LogP contribution in [0.1, 0.15) is 24.3 Å². The van der Waals surface area contributed by atoms with Crippen molar-refractivity contribution < 1.29 is 5.11 Å². The largest absolute Gasteiger partial charge is 0.396 e. The molecule has 2 nitrogen and oxygen atoms in total. The number of fused-ring (bicyclic) bond motifs is 1. The van der Waals surface area contributed by atoms with E-state index in [1.807, 2.05) is 0 Å². The van der Waals surface area contributed by atoms with Crippen molar-refractivity contribution in [1.82, 2.24) is 4.90 Å². The number of likely N-dealkylation sites (tertiary alicyclic amines) is 1. The summed E-state index contributed by atoms with van der Waals surface area (Å²) in [4.78, 5) is 2.38. The van der Waals surface area contributed by atoms with Crippen molar-refractivity contribution in [2.45, 2.75) is 18.8 Å². The third-order valence-corrected chi connectivity index (χ3v) is 4.73. The van der Waals surface area contributed by atoms with Gasteiger partial charge in [0.2, 0.25) is 0 Å². The molecule has 1 aliphatic heterocycles. The lowest BCUT2D eigenvalue weighted by Gasteiger charge is -2.34. The highest BCUT2D eigenvalue weighted by atomic mass is 16.3. The predicted molar refractivity (Wildman–Crippen MR) is 84.0 cm³/mol. The van der Waals surface area contributed by atoms with E-state index in [4.69, 9.17) is 0 Å². The fourth-order valence-corrected chi connectivity index (χ4v) is 3.40. The van der Waals surface area contributed by atoms with Crippen molar-refractivity contribution in [2.75, 3.05) is 26.7 Å². The number of aliphatic hydroxyl groups excluding tert-OH is 1. The van der Waals surface area contributed by atoms with E-state index in [1.165, 1.54) is 29.2 Å². The highest BCUT2D eigenvalue weighted by Crippen LogP contribution is 2.33. The molecule has 2 heteroatoms. The van der Waals surface area contributed by atoms with E-state index in [0.29, 0.717) is 5.92 Å². The topological polar surface area (TPSA) is 23.5 Å². The molecule has 1 N–H and O–H groups in total. The Morgan fingerprint density at radius 1 is 1.10 bits per heavy atom. The molecule has 0 radical (unpaired) electrons. The van der Waals surface area contributed by atoms with Gasteiger partial charge in [-0.1, -0.05) is 42.5 Å². The Kier molecular flexibility index (Phi) is 4.04. The van der Waals surface area contributed by atoms with Crippen molar-refractivity contribution >= 4 is 10.8 Å². The van der Waals surface area contributed by atoms with E-state index in [1.54, 1.807) is 0 Å². The monoisotopic (exact) mass is 269 g/mol. The average Bonchev–Trinajstić information content (AvgIpc) is 2.50. The summed E-state index contributed by atoms with van der Waals surface area (Å²) in [6, 6.07) is 15.1. The Balaban J connectivity index is 1.87. The molecule has 20 heavy (non-hydrogen) atoms. The van der Waals surface area contributed by atoms with Crippen LogP contribution in [0.3, 0.4) is 0 Å². The van der Waals surface area contributed by atoms with Crippen LogP contribution in [0.5, 0.6) is 0 Å². The van der Waals surface area contributed by atoms with Crippen LogP contribution in [0, 0.1) is 5.92 Å². The lowest BCUT2D eigenvalue weighted by atomic mass is 9.80. The molecule has 0 aliphatic carbocycles. The standard InChI is InChI=1S/C18H23NO/c1-19-10-8-15(9-11-19)18(13-20)17-7-6-14-4-2-3-5-16(14)12-17/h2-7,12,15,18,20H,8-11,13H2,1H3. The summed E-state index contributed by atoms with van der Waals surface area (Å²) < 4.78 is 0. The summed E-state index contributed by atoms with van der Waals surface area (Å²) in [5.74, 6) is 0.894. The summed E-state index contributed by atoms with van der Waals surface area (Å²) in [5.41, 5.74) is 1.29. The summed E-state index contributed by atoms with van der Waals surface area (Å²) >= 11 is 0. The third-order valence-electron chi connectivity index (χ3n) is 4.73. The maximum atomic E-state index is 9.86. The van der Waals surface area contributed by atoms with Crippen LogP contribution >= 0.6 is 0 Å². The fraction of sp³-hybridized carbons (Fsp3) is 0.444. The zero-order valence-electron chi connectivity index (χ0n) is 12.1. The summed E-state index contributed by atoms with van der Waals surface area (Å²) in [5, 5.41) is 12.4. The first-order valence-corrected chi connectivity index (χ1v) is 7.56. The van der Waals surface area contributed by atoms with Gasteiger partial charge in [-0.2, -0.15) is 0 Å². The lowest BCUT2D eigenvalue weighted by Crippen LogP contribution is -2.33. The fourth-order valence-electron chi connectivity index (χ4n) is 3.40. The van der Waals surface area contributed by atoms with Gasteiger partial charge >= 0.3 is 0 Å². The first kappa shape index (κ1) is 13.6. The number of hydrogen-bond acceptors (Lipinski definition) is 2. The molecule has 1 fully saturated rings. The van der Waals surface area contributed by atoms with Gasteiger partial charge in [-0.3, -0.25) is 0 Å². The van der Waals surface area contributed by atoms with Gasteiger partial charge in [-0.05, 0) is 55.2 Å². The number of aliphatic hydroxyl groups is 1. The molecule has 2 aromatic rings. The second kappa shape index (κ2) is 5.94. The van der Waals surface area contributed by atoms with E-state index in [2.05, 4.69) is 54.4 Å². The normalized spacial score (nSPS) is 19.3. The molecule has 0 bridgehead atoms. The molecule has 3 rings (SSSR count). The van der Waals surface area contributed by atoms with Gasteiger partial charge < -0.3 is 10.0 Å². The maximum absolute atomic E-state index is 9.86. The molecular formula is C18H23NO. The molecule has 1 heterocycles. The quantitative estimate of drug-likeness (QED) is 0.924. The van der Waals surface area contributed by atoms with Gasteiger partial charge in [0.05, 0.1) is 6.61 Å². The SMILES string of the molecule is CN1CCC(C(CO)c2ccc3ccccc3c2)CC1. The van der Waals surface area contributed by atoms with Crippen LogP contribution in [-0.2, 0) is 0 Å². The lowest BCUT2D eigenvalue weighted by molar-refractivity contribution is 0.156. The molecular weight excluding hydrogens is 246 g/mol. The van der Waals surface area contributed by atoms with Crippen molar-refractivity contribution in [2.24, 2.45) is 5.92 Å². The summed E-state index contributed by atoms with van der Waals surface area (Å²) in [7, 11) is 2.18. The molecule has 0 aromatic heterocycles. The molecule has 1 atom stereocenters. The zero-order valence-corrected chi connectivity index (χ0v) is 12.1. The van der Waals surface area contributed by atoms with E-state index >= 15 is 0 Å². The van der Waals surface area contributed by atoms with E-state index < -0.39 is 0 Å². The van der Waals surface area contributed by atoms with E-state index in [0.717, 1.165) is 13.1 Å². The van der Waals surface area contributed by atoms with Gasteiger partial charge in [-0.25, -0.2) is 0 Å². The second-order valence-corrected chi connectivity index (χ2v) is 6.04. The Hall–Kier alpha value is -1.38. The molecule has 1 aliphatic rings. The van der Waals surface area contributed by atoms with Crippen LogP contribution in [0.4, 0.5) is 0 Å². The molecule has 1 saturated heterocycles.